The third-order valence-corrected chi connectivity index (χ3v) is 4.48. The number of fused-ring (bicyclic) bond motifs is 1. The summed E-state index contributed by atoms with van der Waals surface area (Å²) in [5.74, 6) is 0. The van der Waals surface area contributed by atoms with E-state index >= 15 is 0 Å². The molecular weight excluding hydrogens is 314 g/mol. The van der Waals surface area contributed by atoms with E-state index in [1.54, 1.807) is 12.1 Å². The first-order valence-corrected chi connectivity index (χ1v) is 8.13. The summed E-state index contributed by atoms with van der Waals surface area (Å²) in [6, 6.07) is 25.2. The summed E-state index contributed by atoms with van der Waals surface area (Å²) >= 11 is 0. The molecule has 3 aromatic rings. The normalized spacial score (nSPS) is 18.9. The number of nitrogens with one attached hydrogen (secondary N) is 2. The molecule has 0 aromatic heterocycles. The number of rotatable bonds is 3. The van der Waals surface area contributed by atoms with Gasteiger partial charge >= 0.3 is 0 Å². The van der Waals surface area contributed by atoms with Crippen LogP contribution in [0.4, 0.5) is 11.4 Å². The average Bonchev–Trinajstić information content (AvgIpc) is 2.68. The number of hydrogen-bond acceptors (Lipinski definition) is 4. The molecule has 0 spiro atoms. The highest BCUT2D eigenvalue weighted by atomic mass is 16.6. The van der Waals surface area contributed by atoms with Crippen LogP contribution in [0.5, 0.6) is 0 Å². The fraction of sp³-hybridized carbons (Fsp3) is 0.100. The SMILES string of the molecule is O=[N+]([O-])c1ccc(C2Nc3ccccc3C(c3ccccc3)N2)cc1. The van der Waals surface area contributed by atoms with Crippen LogP contribution in [0.25, 0.3) is 0 Å². The lowest BCUT2D eigenvalue weighted by atomic mass is 9.93. The summed E-state index contributed by atoms with van der Waals surface area (Å²) in [7, 11) is 0. The van der Waals surface area contributed by atoms with Gasteiger partial charge in [0.25, 0.3) is 5.69 Å². The van der Waals surface area contributed by atoms with Crippen LogP contribution in [0.15, 0.2) is 78.9 Å². The zero-order valence-electron chi connectivity index (χ0n) is 13.4. The van der Waals surface area contributed by atoms with Crippen LogP contribution in [-0.4, -0.2) is 4.92 Å². The van der Waals surface area contributed by atoms with Crippen molar-refractivity contribution in [3.05, 3.63) is 106 Å². The molecule has 0 fully saturated rings. The van der Waals surface area contributed by atoms with Crippen molar-refractivity contribution in [2.24, 2.45) is 0 Å². The fourth-order valence-electron chi connectivity index (χ4n) is 3.22. The van der Waals surface area contributed by atoms with Gasteiger partial charge in [0.15, 0.2) is 0 Å². The van der Waals surface area contributed by atoms with Gasteiger partial charge in [0, 0.05) is 17.8 Å². The summed E-state index contributed by atoms with van der Waals surface area (Å²) < 4.78 is 0. The van der Waals surface area contributed by atoms with Gasteiger partial charge in [-0.05, 0) is 34.9 Å². The minimum atomic E-state index is -0.381. The molecule has 2 N–H and O–H groups in total. The van der Waals surface area contributed by atoms with Crippen molar-refractivity contribution in [3.63, 3.8) is 0 Å². The topological polar surface area (TPSA) is 67.2 Å². The molecule has 2 atom stereocenters. The Kier molecular flexibility index (Phi) is 3.91. The van der Waals surface area contributed by atoms with E-state index < -0.39 is 0 Å². The number of nitro benzene ring substituents is 1. The first kappa shape index (κ1) is 15.4. The van der Waals surface area contributed by atoms with Crippen molar-refractivity contribution in [2.45, 2.75) is 12.2 Å². The highest BCUT2D eigenvalue weighted by Crippen LogP contribution is 2.36. The van der Waals surface area contributed by atoms with E-state index in [9.17, 15) is 10.1 Å². The molecule has 2 unspecified atom stereocenters. The van der Waals surface area contributed by atoms with Gasteiger partial charge in [0.2, 0.25) is 0 Å². The van der Waals surface area contributed by atoms with Gasteiger partial charge in [-0.2, -0.15) is 0 Å². The molecule has 5 heteroatoms. The Balaban J connectivity index is 1.71. The lowest BCUT2D eigenvalue weighted by molar-refractivity contribution is -0.384. The molecule has 0 saturated heterocycles. The Bertz CT molecular complexity index is 894. The van der Waals surface area contributed by atoms with Gasteiger partial charge in [-0.1, -0.05) is 48.5 Å². The maximum atomic E-state index is 10.9. The molecule has 5 nitrogen and oxygen atoms in total. The standard InChI is InChI=1S/C20H17N3O2/c24-23(25)16-12-10-15(11-13-16)20-21-18-9-5-4-8-17(18)19(22-20)14-6-2-1-3-7-14/h1-13,19-22H. The molecule has 0 amide bonds. The summed E-state index contributed by atoms with van der Waals surface area (Å²) in [5.41, 5.74) is 4.49. The third-order valence-electron chi connectivity index (χ3n) is 4.48. The summed E-state index contributed by atoms with van der Waals surface area (Å²) in [5, 5.41) is 18.0. The van der Waals surface area contributed by atoms with Gasteiger partial charge in [0.1, 0.15) is 6.17 Å². The van der Waals surface area contributed by atoms with Crippen molar-refractivity contribution < 1.29 is 4.92 Å². The predicted octanol–water partition coefficient (Wildman–Crippen LogP) is 4.40. The molecule has 1 aliphatic rings. The van der Waals surface area contributed by atoms with Crippen LogP contribution in [-0.2, 0) is 0 Å². The summed E-state index contributed by atoms with van der Waals surface area (Å²) in [6.07, 6.45) is -0.124. The fourth-order valence-corrected chi connectivity index (χ4v) is 3.22. The zero-order chi connectivity index (χ0) is 17.2. The van der Waals surface area contributed by atoms with Crippen LogP contribution in [0.3, 0.4) is 0 Å². The Morgan fingerprint density at radius 2 is 1.48 bits per heavy atom. The van der Waals surface area contributed by atoms with Crippen molar-refractivity contribution in [2.75, 3.05) is 5.32 Å². The Hall–Kier alpha value is -3.18. The number of benzene rings is 3. The Morgan fingerprint density at radius 1 is 0.800 bits per heavy atom. The first-order chi connectivity index (χ1) is 12.2. The smallest absolute Gasteiger partial charge is 0.269 e. The Morgan fingerprint density at radius 3 is 2.20 bits per heavy atom. The molecule has 3 aromatic carbocycles. The highest BCUT2D eigenvalue weighted by molar-refractivity contribution is 5.58. The molecule has 1 aliphatic heterocycles. The van der Waals surface area contributed by atoms with E-state index in [2.05, 4.69) is 34.9 Å². The molecular formula is C20H17N3O2. The molecule has 25 heavy (non-hydrogen) atoms. The van der Waals surface area contributed by atoms with E-state index in [0.29, 0.717) is 0 Å². The highest BCUT2D eigenvalue weighted by Gasteiger charge is 2.27. The third kappa shape index (κ3) is 2.97. The van der Waals surface area contributed by atoms with Crippen LogP contribution in [0.1, 0.15) is 28.9 Å². The largest absolute Gasteiger partial charge is 0.366 e. The van der Waals surface area contributed by atoms with Crippen LogP contribution in [0, 0.1) is 10.1 Å². The van der Waals surface area contributed by atoms with E-state index in [1.807, 2.05) is 30.3 Å². The van der Waals surface area contributed by atoms with Gasteiger partial charge in [-0.3, -0.25) is 15.4 Å². The molecule has 0 saturated carbocycles. The molecule has 1 heterocycles. The first-order valence-electron chi connectivity index (χ1n) is 8.13. The molecule has 124 valence electrons. The second-order valence-corrected chi connectivity index (χ2v) is 6.02. The van der Waals surface area contributed by atoms with Crippen LogP contribution >= 0.6 is 0 Å². The summed E-state index contributed by atoms with van der Waals surface area (Å²) in [6.45, 7) is 0. The van der Waals surface area contributed by atoms with Crippen LogP contribution in [0.2, 0.25) is 0 Å². The van der Waals surface area contributed by atoms with Gasteiger partial charge < -0.3 is 5.32 Å². The number of hydrogen-bond donors (Lipinski definition) is 2. The lowest BCUT2D eigenvalue weighted by Gasteiger charge is -2.35. The van der Waals surface area contributed by atoms with E-state index in [1.165, 1.54) is 23.3 Å². The van der Waals surface area contributed by atoms with Crippen molar-refractivity contribution >= 4 is 11.4 Å². The molecule has 0 bridgehead atoms. The second kappa shape index (κ2) is 6.37. The van der Waals surface area contributed by atoms with Crippen molar-refractivity contribution in [3.8, 4) is 0 Å². The average molecular weight is 331 g/mol. The lowest BCUT2D eigenvalue weighted by Crippen LogP contribution is -2.37. The second-order valence-electron chi connectivity index (χ2n) is 6.02. The number of non-ortho nitro benzene ring substituents is 1. The predicted molar refractivity (Wildman–Crippen MR) is 97.3 cm³/mol. The number of nitro groups is 1. The van der Waals surface area contributed by atoms with Crippen molar-refractivity contribution in [1.29, 1.82) is 0 Å². The maximum absolute atomic E-state index is 10.9. The summed E-state index contributed by atoms with van der Waals surface area (Å²) in [4.78, 5) is 10.5. The molecule has 4 rings (SSSR count). The van der Waals surface area contributed by atoms with Gasteiger partial charge in [-0.15, -0.1) is 0 Å². The number of para-hydroxylation sites is 1. The number of anilines is 1. The zero-order valence-corrected chi connectivity index (χ0v) is 13.4. The monoisotopic (exact) mass is 331 g/mol. The van der Waals surface area contributed by atoms with Gasteiger partial charge in [-0.25, -0.2) is 0 Å². The Labute approximate surface area is 145 Å². The minimum absolute atomic E-state index is 0.0545. The minimum Gasteiger partial charge on any atom is -0.366 e. The molecule has 0 radical (unpaired) electrons. The van der Waals surface area contributed by atoms with Gasteiger partial charge in [0.05, 0.1) is 11.0 Å². The van der Waals surface area contributed by atoms with Crippen molar-refractivity contribution in [1.82, 2.24) is 5.32 Å². The van der Waals surface area contributed by atoms with E-state index in [-0.39, 0.29) is 22.8 Å². The number of nitrogens with zero attached hydrogens (tertiary/aromatic N) is 1. The van der Waals surface area contributed by atoms with E-state index in [0.717, 1.165) is 11.3 Å². The quantitative estimate of drug-likeness (QED) is 0.551. The maximum Gasteiger partial charge on any atom is 0.269 e. The van der Waals surface area contributed by atoms with Crippen LogP contribution < -0.4 is 10.6 Å². The van der Waals surface area contributed by atoms with E-state index in [4.69, 9.17) is 0 Å². The molecule has 0 aliphatic carbocycles.